The Morgan fingerprint density at radius 3 is 2.08 bits per heavy atom. The number of carbonyl (C=O) groups is 3. The minimum atomic E-state index is -0.727. The highest BCUT2D eigenvalue weighted by molar-refractivity contribution is 5.93. The molecule has 0 saturated carbocycles. The molecular weight excluding hydrogens is 476 g/mol. The van der Waals surface area contributed by atoms with Gasteiger partial charge >= 0.3 is 0 Å². The number of likely N-dealkylation sites (N-methyl/N-ethyl adjacent to an activating group) is 1. The summed E-state index contributed by atoms with van der Waals surface area (Å²) < 4.78 is 0. The zero-order valence-electron chi connectivity index (χ0n) is 23.9. The van der Waals surface area contributed by atoms with E-state index in [0.29, 0.717) is 19.4 Å². The summed E-state index contributed by atoms with van der Waals surface area (Å²) in [5, 5.41) is 9.01. The largest absolute Gasteiger partial charge is 0.351 e. The van der Waals surface area contributed by atoms with Crippen LogP contribution in [0.2, 0.25) is 0 Å². The van der Waals surface area contributed by atoms with Crippen LogP contribution in [0.4, 0.5) is 0 Å². The van der Waals surface area contributed by atoms with E-state index in [1.807, 2.05) is 70.2 Å². The second-order valence-corrected chi connectivity index (χ2v) is 9.33. The number of benzene rings is 2. The van der Waals surface area contributed by atoms with Gasteiger partial charge in [0.25, 0.3) is 0 Å². The molecule has 1 heterocycles. The first-order valence-electron chi connectivity index (χ1n) is 14.2. The Bertz CT molecular complexity index is 1000. The quantitative estimate of drug-likeness (QED) is 0.494. The second-order valence-electron chi connectivity index (χ2n) is 9.33. The molecule has 0 bridgehead atoms. The fourth-order valence-electron chi connectivity index (χ4n) is 4.94. The summed E-state index contributed by atoms with van der Waals surface area (Å²) >= 11 is 0. The maximum atomic E-state index is 13.6. The van der Waals surface area contributed by atoms with Crippen LogP contribution in [0.25, 0.3) is 0 Å². The van der Waals surface area contributed by atoms with Gasteiger partial charge in [-0.25, -0.2) is 0 Å². The first-order valence-corrected chi connectivity index (χ1v) is 14.2. The third-order valence-corrected chi connectivity index (χ3v) is 6.96. The smallest absolute Gasteiger partial charge is 0.246 e. The van der Waals surface area contributed by atoms with Crippen LogP contribution in [0.5, 0.6) is 0 Å². The molecule has 2 aromatic carbocycles. The van der Waals surface area contributed by atoms with Crippen molar-refractivity contribution in [3.05, 3.63) is 71.3 Å². The minimum absolute atomic E-state index is 0.0544. The second kappa shape index (κ2) is 15.9. The van der Waals surface area contributed by atoms with Crippen LogP contribution in [-0.2, 0) is 33.6 Å². The van der Waals surface area contributed by atoms with Gasteiger partial charge in [-0.05, 0) is 56.3 Å². The maximum absolute atomic E-state index is 13.6. The van der Waals surface area contributed by atoms with Gasteiger partial charge in [0, 0.05) is 19.0 Å². The molecule has 1 aliphatic heterocycles. The van der Waals surface area contributed by atoms with Crippen LogP contribution in [0, 0.1) is 0 Å². The van der Waals surface area contributed by atoms with Gasteiger partial charge in [-0.3, -0.25) is 14.4 Å². The van der Waals surface area contributed by atoms with Gasteiger partial charge < -0.3 is 20.9 Å². The van der Waals surface area contributed by atoms with Crippen LogP contribution in [0.3, 0.4) is 0 Å². The molecule has 2 aliphatic rings. The van der Waals surface area contributed by atoms with Crippen LogP contribution in [0.15, 0.2) is 54.6 Å². The molecule has 1 fully saturated rings. The minimum Gasteiger partial charge on any atom is -0.351 e. The van der Waals surface area contributed by atoms with Gasteiger partial charge in [0.1, 0.15) is 12.1 Å². The summed E-state index contributed by atoms with van der Waals surface area (Å²) in [5.41, 5.74) is 3.51. The summed E-state index contributed by atoms with van der Waals surface area (Å²) in [6.07, 6.45) is 3.42. The normalized spacial score (nSPS) is 17.6. The molecule has 7 nitrogen and oxygen atoms in total. The van der Waals surface area contributed by atoms with E-state index in [2.05, 4.69) is 28.1 Å². The zero-order chi connectivity index (χ0) is 28.1. The third kappa shape index (κ3) is 8.15. The van der Waals surface area contributed by atoms with Gasteiger partial charge in [0.15, 0.2) is 0 Å². The molecule has 4 rings (SSSR count). The predicted octanol–water partition coefficient (Wildman–Crippen LogP) is 3.65. The molecule has 3 atom stereocenters. The van der Waals surface area contributed by atoms with Crippen LogP contribution >= 0.6 is 0 Å². The van der Waals surface area contributed by atoms with Crippen molar-refractivity contribution >= 4 is 17.7 Å². The van der Waals surface area contributed by atoms with Crippen molar-refractivity contribution in [1.82, 2.24) is 20.9 Å². The summed E-state index contributed by atoms with van der Waals surface area (Å²) in [6.45, 7) is 10.3. The summed E-state index contributed by atoms with van der Waals surface area (Å²) in [6, 6.07) is 16.3. The lowest BCUT2D eigenvalue weighted by atomic mass is 10.0. The molecular formula is C31H46N4O3. The van der Waals surface area contributed by atoms with Crippen molar-refractivity contribution in [3.8, 4) is 0 Å². The lowest BCUT2D eigenvalue weighted by molar-refractivity contribution is -0.141. The molecule has 0 spiro atoms. The molecule has 208 valence electrons. The molecule has 1 unspecified atom stereocenters. The third-order valence-electron chi connectivity index (χ3n) is 6.96. The average Bonchev–Trinajstić information content (AvgIpc) is 3.61. The molecule has 3 amide bonds. The lowest BCUT2D eigenvalue weighted by Crippen LogP contribution is -2.56. The van der Waals surface area contributed by atoms with E-state index < -0.39 is 18.1 Å². The van der Waals surface area contributed by atoms with E-state index in [1.54, 1.807) is 18.9 Å². The van der Waals surface area contributed by atoms with Crippen molar-refractivity contribution in [3.63, 3.8) is 0 Å². The highest BCUT2D eigenvalue weighted by Crippen LogP contribution is 2.24. The standard InChI is InChI=1S/C27H34N4O3.2C2H6/c1-18(28-2)25(32)30-23(15-19-9-4-3-5-10-19)27(34)31-14-8-13-24(31)26(33)29-22-16-20-11-6-7-12-21(20)17-22;2*1-2/h3-7,9-12,18,22-24,28H,8,13-17H2,1-2H3,(H,29,33)(H,30,32);2*1-2H3/t18-,23-,24?;;/m0../s1. The molecule has 3 N–H and O–H groups in total. The van der Waals surface area contributed by atoms with E-state index >= 15 is 0 Å². The van der Waals surface area contributed by atoms with Crippen molar-refractivity contribution < 1.29 is 14.4 Å². The van der Waals surface area contributed by atoms with Gasteiger partial charge in [0.05, 0.1) is 6.04 Å². The van der Waals surface area contributed by atoms with E-state index in [1.165, 1.54) is 11.1 Å². The van der Waals surface area contributed by atoms with E-state index in [9.17, 15) is 14.4 Å². The number of carbonyl (C=O) groups excluding carboxylic acids is 3. The monoisotopic (exact) mass is 522 g/mol. The Morgan fingerprint density at radius 2 is 1.50 bits per heavy atom. The summed E-state index contributed by atoms with van der Waals surface area (Å²) in [5.74, 6) is -0.536. The molecule has 1 saturated heterocycles. The Hall–Kier alpha value is -3.19. The number of hydrogen-bond acceptors (Lipinski definition) is 4. The molecule has 1 aliphatic carbocycles. The van der Waals surface area contributed by atoms with Crippen molar-refractivity contribution in [1.29, 1.82) is 0 Å². The average molecular weight is 523 g/mol. The molecule has 0 radical (unpaired) electrons. The van der Waals surface area contributed by atoms with Gasteiger partial charge in [0.2, 0.25) is 17.7 Å². The highest BCUT2D eigenvalue weighted by Gasteiger charge is 2.39. The van der Waals surface area contributed by atoms with Crippen molar-refractivity contribution in [2.24, 2.45) is 0 Å². The highest BCUT2D eigenvalue weighted by atomic mass is 16.2. The number of nitrogens with zero attached hydrogens (tertiary/aromatic N) is 1. The number of likely N-dealkylation sites (tertiary alicyclic amines) is 1. The molecule has 2 aromatic rings. The van der Waals surface area contributed by atoms with Gasteiger partial charge in [-0.15, -0.1) is 0 Å². The molecule has 0 aromatic heterocycles. The lowest BCUT2D eigenvalue weighted by Gasteiger charge is -2.30. The van der Waals surface area contributed by atoms with Gasteiger partial charge in [-0.1, -0.05) is 82.3 Å². The number of rotatable bonds is 8. The Balaban J connectivity index is 0.00000121. The van der Waals surface area contributed by atoms with E-state index in [4.69, 9.17) is 0 Å². The molecule has 38 heavy (non-hydrogen) atoms. The number of fused-ring (bicyclic) bond motifs is 1. The predicted molar refractivity (Wildman–Crippen MR) is 154 cm³/mol. The molecule has 7 heteroatoms. The topological polar surface area (TPSA) is 90.5 Å². The first-order chi connectivity index (χ1) is 18.5. The summed E-state index contributed by atoms with van der Waals surface area (Å²) in [4.78, 5) is 41.1. The van der Waals surface area contributed by atoms with Crippen LogP contribution < -0.4 is 16.0 Å². The van der Waals surface area contributed by atoms with Crippen LogP contribution in [0.1, 0.15) is 64.2 Å². The fourth-order valence-corrected chi connectivity index (χ4v) is 4.94. The number of nitrogens with one attached hydrogen (secondary N) is 3. The Morgan fingerprint density at radius 1 is 0.921 bits per heavy atom. The van der Waals surface area contributed by atoms with Crippen LogP contribution in [-0.4, -0.2) is 60.4 Å². The van der Waals surface area contributed by atoms with E-state index in [-0.39, 0.29) is 23.8 Å². The Kier molecular flexibility index (Phi) is 13.0. The fraction of sp³-hybridized carbons (Fsp3) is 0.516. The van der Waals surface area contributed by atoms with Gasteiger partial charge in [-0.2, -0.15) is 0 Å². The number of hydrogen-bond donors (Lipinski definition) is 3. The summed E-state index contributed by atoms with van der Waals surface area (Å²) in [7, 11) is 1.71. The maximum Gasteiger partial charge on any atom is 0.246 e. The van der Waals surface area contributed by atoms with Crippen molar-refractivity contribution in [2.75, 3.05) is 13.6 Å². The van der Waals surface area contributed by atoms with E-state index in [0.717, 1.165) is 24.8 Å². The Labute approximate surface area is 228 Å². The number of amides is 3. The van der Waals surface area contributed by atoms with Crippen molar-refractivity contribution in [2.45, 2.75) is 90.9 Å². The zero-order valence-corrected chi connectivity index (χ0v) is 23.9. The first kappa shape index (κ1) is 31.0. The SMILES string of the molecule is CC.CC.CN[C@@H](C)C(=O)N[C@@H](Cc1ccccc1)C(=O)N1CCCC1C(=O)NC1Cc2ccccc2C1.